The van der Waals surface area contributed by atoms with E-state index in [-0.39, 0.29) is 0 Å². The second-order valence-corrected chi connectivity index (χ2v) is 3.38. The zero-order chi connectivity index (χ0) is 12.4. The molecule has 1 aromatic carbocycles. The second-order valence-electron chi connectivity index (χ2n) is 3.38. The predicted molar refractivity (Wildman–Crippen MR) is 60.0 cm³/mol. The first kappa shape index (κ1) is 11.3. The zero-order valence-corrected chi connectivity index (χ0v) is 8.83. The molecule has 1 atom stereocenters. The number of hydrogen-bond donors (Lipinski definition) is 4. The number of para-hydroxylation sites is 1. The van der Waals surface area contributed by atoms with Gasteiger partial charge in [0, 0.05) is 0 Å². The van der Waals surface area contributed by atoms with Crippen molar-refractivity contribution in [2.24, 2.45) is 11.7 Å². The van der Waals surface area contributed by atoms with Crippen LogP contribution in [0.5, 0.6) is 0 Å². The molecule has 90 valence electrons. The summed E-state index contributed by atoms with van der Waals surface area (Å²) in [5.41, 5.74) is 2.64. The summed E-state index contributed by atoms with van der Waals surface area (Å²) in [5.74, 6) is 10.7. The Morgan fingerprint density at radius 2 is 1.88 bits per heavy atom. The van der Waals surface area contributed by atoms with Crippen molar-refractivity contribution >= 4 is 17.7 Å². The van der Waals surface area contributed by atoms with Crippen LogP contribution >= 0.6 is 0 Å². The summed E-state index contributed by atoms with van der Waals surface area (Å²) in [4.78, 5) is 24.5. The van der Waals surface area contributed by atoms with E-state index in [4.69, 9.17) is 11.7 Å². The van der Waals surface area contributed by atoms with Crippen LogP contribution in [0.2, 0.25) is 0 Å². The maximum absolute atomic E-state index is 11.9. The lowest BCUT2D eigenvalue weighted by Gasteiger charge is -2.37. The molecule has 1 aromatic rings. The smallest absolute Gasteiger partial charge is 0.302 e. The molecule has 0 saturated carbocycles. The summed E-state index contributed by atoms with van der Waals surface area (Å²) in [7, 11) is 0. The van der Waals surface area contributed by atoms with Crippen LogP contribution in [0, 0.1) is 0 Å². The minimum absolute atomic E-state index is 0.431. The molecular weight excluding hydrogens is 224 g/mol. The highest BCUT2D eigenvalue weighted by molar-refractivity contribution is 6.14. The van der Waals surface area contributed by atoms with Crippen molar-refractivity contribution in [1.82, 2.24) is 15.8 Å². The first-order valence-corrected chi connectivity index (χ1v) is 4.85. The van der Waals surface area contributed by atoms with Gasteiger partial charge in [-0.2, -0.15) is 0 Å². The van der Waals surface area contributed by atoms with Gasteiger partial charge in [-0.15, -0.1) is 0 Å². The van der Waals surface area contributed by atoms with E-state index in [2.05, 4.69) is 10.7 Å². The third-order valence-electron chi connectivity index (χ3n) is 2.33. The predicted octanol–water partition coefficient (Wildman–Crippen LogP) is -0.741. The van der Waals surface area contributed by atoms with Crippen molar-refractivity contribution in [3.8, 4) is 0 Å². The number of nitrogens with two attached hydrogens (primary N) is 2. The molecule has 0 bridgehead atoms. The largest absolute Gasteiger partial charge is 0.350 e. The number of nitrogens with one attached hydrogen (secondary N) is 2. The number of benzene rings is 1. The van der Waals surface area contributed by atoms with Gasteiger partial charge in [-0.1, -0.05) is 18.2 Å². The number of imide groups is 1. The molecule has 1 unspecified atom stereocenters. The first-order chi connectivity index (χ1) is 8.15. The maximum atomic E-state index is 11.9. The third kappa shape index (κ3) is 1.91. The van der Waals surface area contributed by atoms with Crippen molar-refractivity contribution in [3.63, 3.8) is 0 Å². The third-order valence-corrected chi connectivity index (χ3v) is 2.33. The number of carbonyl (C=O) groups excluding carboxylic acids is 2. The lowest BCUT2D eigenvalue weighted by molar-refractivity contribution is 0.138. The fourth-order valence-corrected chi connectivity index (χ4v) is 1.49. The Kier molecular flexibility index (Phi) is 2.91. The number of anilines is 1. The van der Waals surface area contributed by atoms with Crippen LogP contribution in [0.1, 0.15) is 0 Å². The quantitative estimate of drug-likeness (QED) is 0.306. The molecule has 1 saturated heterocycles. The van der Waals surface area contributed by atoms with Crippen LogP contribution in [0.3, 0.4) is 0 Å². The molecule has 1 aliphatic rings. The highest BCUT2D eigenvalue weighted by Crippen LogP contribution is 2.17. The molecular formula is C9H12N6O2. The van der Waals surface area contributed by atoms with Gasteiger partial charge in [0.1, 0.15) is 0 Å². The number of amides is 4. The average molecular weight is 236 g/mol. The highest BCUT2D eigenvalue weighted by Gasteiger charge is 2.37. The van der Waals surface area contributed by atoms with Crippen LogP contribution in [0.25, 0.3) is 0 Å². The molecule has 2 rings (SSSR count). The van der Waals surface area contributed by atoms with Gasteiger partial charge >= 0.3 is 12.1 Å². The second kappa shape index (κ2) is 4.37. The van der Waals surface area contributed by atoms with Crippen molar-refractivity contribution < 1.29 is 9.59 Å². The normalized spacial score (nSPS) is 20.5. The Labute approximate surface area is 97.1 Å². The van der Waals surface area contributed by atoms with Crippen molar-refractivity contribution in [2.45, 2.75) is 6.29 Å². The van der Waals surface area contributed by atoms with E-state index in [1.807, 2.05) is 0 Å². The Morgan fingerprint density at radius 3 is 2.47 bits per heavy atom. The molecule has 8 heteroatoms. The number of rotatable bonds is 2. The molecule has 1 fully saturated rings. The van der Waals surface area contributed by atoms with E-state index in [0.717, 1.165) is 9.91 Å². The number of hydrazine groups is 2. The Hall–Kier alpha value is -2.16. The summed E-state index contributed by atoms with van der Waals surface area (Å²) >= 11 is 0. The summed E-state index contributed by atoms with van der Waals surface area (Å²) in [6.07, 6.45) is -0.921. The molecule has 1 aliphatic heterocycles. The van der Waals surface area contributed by atoms with Gasteiger partial charge in [-0.25, -0.2) is 30.8 Å². The minimum Gasteiger partial charge on any atom is -0.302 e. The SMILES string of the molecule is NNC1NC(=O)N(c2ccccc2)C(=O)N1N. The fourth-order valence-electron chi connectivity index (χ4n) is 1.49. The molecule has 1 heterocycles. The number of nitrogens with zero attached hydrogens (tertiary/aromatic N) is 2. The fraction of sp³-hybridized carbons (Fsp3) is 0.111. The Balaban J connectivity index is 2.30. The van der Waals surface area contributed by atoms with E-state index in [1.54, 1.807) is 30.3 Å². The Morgan fingerprint density at radius 1 is 1.24 bits per heavy atom. The van der Waals surface area contributed by atoms with Gasteiger partial charge in [-0.3, -0.25) is 5.84 Å². The molecule has 17 heavy (non-hydrogen) atoms. The summed E-state index contributed by atoms with van der Waals surface area (Å²) in [6, 6.07) is 7.20. The van der Waals surface area contributed by atoms with E-state index < -0.39 is 18.4 Å². The molecule has 0 radical (unpaired) electrons. The maximum Gasteiger partial charge on any atom is 0.350 e. The number of carbonyl (C=O) groups is 2. The Bertz CT molecular complexity index is 436. The van der Waals surface area contributed by atoms with Crippen LogP contribution in [0.4, 0.5) is 15.3 Å². The van der Waals surface area contributed by atoms with Gasteiger partial charge in [0.05, 0.1) is 5.69 Å². The summed E-state index contributed by atoms with van der Waals surface area (Å²) < 4.78 is 0. The molecule has 4 amide bonds. The van der Waals surface area contributed by atoms with Crippen molar-refractivity contribution in [2.75, 3.05) is 4.90 Å². The van der Waals surface area contributed by atoms with Crippen LogP contribution in [-0.2, 0) is 0 Å². The van der Waals surface area contributed by atoms with Gasteiger partial charge in [0.25, 0.3) is 0 Å². The average Bonchev–Trinajstić information content (AvgIpc) is 2.35. The standard InChI is InChI=1S/C9H12N6O2/c10-13-7-12-8(16)14(9(17)15(7)11)6-4-2-1-3-5-6/h1-5,7,13H,10-11H2,(H,12,16). The van der Waals surface area contributed by atoms with Crippen LogP contribution in [-0.4, -0.2) is 23.4 Å². The molecule has 8 nitrogen and oxygen atoms in total. The minimum atomic E-state index is -0.921. The van der Waals surface area contributed by atoms with Gasteiger partial charge in [-0.05, 0) is 12.1 Å². The highest BCUT2D eigenvalue weighted by atomic mass is 16.2. The van der Waals surface area contributed by atoms with E-state index in [9.17, 15) is 9.59 Å². The first-order valence-electron chi connectivity index (χ1n) is 4.85. The van der Waals surface area contributed by atoms with Gasteiger partial charge in [0.15, 0.2) is 6.29 Å². The zero-order valence-electron chi connectivity index (χ0n) is 8.83. The van der Waals surface area contributed by atoms with Gasteiger partial charge < -0.3 is 5.32 Å². The summed E-state index contributed by atoms with van der Waals surface area (Å²) in [6.45, 7) is 0. The number of urea groups is 2. The molecule has 6 N–H and O–H groups in total. The van der Waals surface area contributed by atoms with E-state index >= 15 is 0 Å². The van der Waals surface area contributed by atoms with Crippen LogP contribution < -0.4 is 27.3 Å². The molecule has 0 aromatic heterocycles. The molecule has 0 aliphatic carbocycles. The summed E-state index contributed by atoms with van der Waals surface area (Å²) in [5, 5.41) is 3.23. The van der Waals surface area contributed by atoms with Crippen LogP contribution in [0.15, 0.2) is 30.3 Å². The van der Waals surface area contributed by atoms with Gasteiger partial charge in [0.2, 0.25) is 0 Å². The topological polar surface area (TPSA) is 117 Å². The lowest BCUT2D eigenvalue weighted by Crippen LogP contribution is -2.72. The van der Waals surface area contributed by atoms with Crippen molar-refractivity contribution in [3.05, 3.63) is 30.3 Å². The van der Waals surface area contributed by atoms with E-state index in [0.29, 0.717) is 5.69 Å². The lowest BCUT2D eigenvalue weighted by atomic mass is 10.3. The number of hydrogen-bond acceptors (Lipinski definition) is 5. The monoisotopic (exact) mass is 236 g/mol. The van der Waals surface area contributed by atoms with Crippen molar-refractivity contribution in [1.29, 1.82) is 0 Å². The molecule has 0 spiro atoms. The van der Waals surface area contributed by atoms with E-state index in [1.165, 1.54) is 0 Å².